The molecule has 0 saturated carbocycles. The summed E-state index contributed by atoms with van der Waals surface area (Å²) in [6.07, 6.45) is 7.60. The summed E-state index contributed by atoms with van der Waals surface area (Å²) >= 11 is 1.76. The van der Waals surface area contributed by atoms with Crippen LogP contribution in [0.25, 0.3) is 109 Å². The Kier molecular flexibility index (Phi) is 7.74. The van der Waals surface area contributed by atoms with E-state index in [4.69, 9.17) is 33.2 Å². The Morgan fingerprint density at radius 3 is 1.46 bits per heavy atom. The van der Waals surface area contributed by atoms with Gasteiger partial charge in [-0.1, -0.05) is 121 Å². The van der Waals surface area contributed by atoms with Crippen LogP contribution in [0.15, 0.2) is 208 Å². The van der Waals surface area contributed by atoms with Gasteiger partial charge in [-0.25, -0.2) is 0 Å². The molecule has 0 radical (unpaired) electrons. The van der Waals surface area contributed by atoms with Crippen molar-refractivity contribution in [2.75, 3.05) is 0 Å². The van der Waals surface area contributed by atoms with Crippen molar-refractivity contribution < 1.29 is 13.3 Å². The lowest BCUT2D eigenvalue weighted by atomic mass is 10.0. The maximum Gasteiger partial charge on any atom is 0.233 e. The van der Waals surface area contributed by atoms with Gasteiger partial charge in [-0.05, 0) is 58.9 Å². The maximum absolute atomic E-state index is 7.34. The van der Waals surface area contributed by atoms with Crippen LogP contribution in [0.3, 0.4) is 0 Å². The third kappa shape index (κ3) is 5.10. The SMILES string of the molecule is c1ccc([Si](c2ccccc2)(c2nccc3c2oc2c(-c4nccc5c4oc4ccccc45)cccc23)c2nccc3c2oc2c(-c4nccc5c4sc4ccccc45)cccc23)cc1. The van der Waals surface area contributed by atoms with Crippen molar-refractivity contribution in [3.05, 3.63) is 195 Å². The number of para-hydroxylation sites is 3. The Labute approximate surface area is 374 Å². The van der Waals surface area contributed by atoms with Crippen LogP contribution < -0.4 is 21.0 Å². The molecule has 9 heteroatoms. The number of pyridine rings is 4. The summed E-state index contributed by atoms with van der Waals surface area (Å²) in [4.78, 5) is 20.8. The summed E-state index contributed by atoms with van der Waals surface area (Å²) in [6.45, 7) is 0. The van der Waals surface area contributed by atoms with E-state index in [0.29, 0.717) is 16.7 Å². The zero-order valence-electron chi connectivity index (χ0n) is 34.4. The number of aromatic nitrogens is 4. The van der Waals surface area contributed by atoms with Gasteiger partial charge in [0, 0.05) is 83.7 Å². The van der Waals surface area contributed by atoms with E-state index in [9.17, 15) is 0 Å². The Morgan fingerprint density at radius 2 is 0.815 bits per heavy atom. The molecule has 0 N–H and O–H groups in total. The molecule has 14 rings (SSSR count). The molecule has 0 unspecified atom stereocenters. The molecule has 7 nitrogen and oxygen atoms in total. The molecule has 0 aliphatic rings. The summed E-state index contributed by atoms with van der Waals surface area (Å²) in [5.41, 5.74) is 7.82. The van der Waals surface area contributed by atoms with Crippen molar-refractivity contribution in [3.8, 4) is 22.5 Å². The number of benzene rings is 6. The van der Waals surface area contributed by atoms with E-state index >= 15 is 0 Å². The van der Waals surface area contributed by atoms with E-state index in [1.807, 2.05) is 49.1 Å². The van der Waals surface area contributed by atoms with Crippen LogP contribution in [-0.4, -0.2) is 28.0 Å². The number of fused-ring (bicyclic) bond motifs is 12. The van der Waals surface area contributed by atoms with Crippen LogP contribution in [0.5, 0.6) is 0 Å². The van der Waals surface area contributed by atoms with Gasteiger partial charge < -0.3 is 13.3 Å². The molecule has 304 valence electrons. The highest BCUT2D eigenvalue weighted by molar-refractivity contribution is 7.26. The summed E-state index contributed by atoms with van der Waals surface area (Å²) in [7, 11) is -3.54. The minimum absolute atomic E-state index is 0.697. The topological polar surface area (TPSA) is 91.0 Å². The normalized spacial score (nSPS) is 12.3. The van der Waals surface area contributed by atoms with E-state index in [1.54, 1.807) is 11.3 Å². The monoisotopic (exact) mass is 868 g/mol. The second kappa shape index (κ2) is 13.9. The first-order valence-corrected chi connectivity index (χ1v) is 24.3. The Bertz CT molecular complexity index is 3940. The average molecular weight is 869 g/mol. The first-order valence-electron chi connectivity index (χ1n) is 21.5. The number of hydrogen-bond acceptors (Lipinski definition) is 8. The highest BCUT2D eigenvalue weighted by atomic mass is 32.1. The molecule has 0 fully saturated rings. The molecular weight excluding hydrogens is 837 g/mol. The summed E-state index contributed by atoms with van der Waals surface area (Å²) in [6, 6.07) is 58.9. The minimum Gasteiger partial charge on any atom is -0.454 e. The minimum atomic E-state index is -3.54. The molecule has 0 spiro atoms. The Balaban J connectivity index is 1.07. The third-order valence-corrected chi connectivity index (χ3v) is 18.8. The van der Waals surface area contributed by atoms with Gasteiger partial charge in [-0.15, -0.1) is 11.3 Å². The van der Waals surface area contributed by atoms with E-state index in [2.05, 4.69) is 146 Å². The van der Waals surface area contributed by atoms with Gasteiger partial charge in [0.05, 0.1) is 21.0 Å². The van der Waals surface area contributed by atoms with Gasteiger partial charge in [0.25, 0.3) is 0 Å². The average Bonchev–Trinajstić information content (AvgIpc) is 4.16. The fourth-order valence-electron chi connectivity index (χ4n) is 10.2. The van der Waals surface area contributed by atoms with Crippen molar-refractivity contribution in [3.63, 3.8) is 0 Å². The number of hydrogen-bond donors (Lipinski definition) is 0. The van der Waals surface area contributed by atoms with E-state index < -0.39 is 8.07 Å². The molecule has 0 saturated heterocycles. The van der Waals surface area contributed by atoms with Crippen LogP contribution >= 0.6 is 11.3 Å². The quantitative estimate of drug-likeness (QED) is 0.154. The molecule has 6 aromatic carbocycles. The summed E-state index contributed by atoms with van der Waals surface area (Å²) in [5, 5.41) is 12.2. The molecular formula is C56H32N4O3SSi. The third-order valence-electron chi connectivity index (χ3n) is 13.0. The second-order valence-corrected chi connectivity index (χ2v) is 21.0. The standard InChI is InChI=1S/C56H32N4O3SSi/c1-3-13-33(14-4-1)65(34-15-5-2-6-16-34,55-52-40(26-31-59-55)37-19-11-21-43(49(37)62-52)47-51-39(25-29-57-47)35-17-7-9-23-45(35)61-51)56-53-41(27-32-60-56)38-20-12-22-44(50(38)63-53)48-54-42(28-30-58-48)36-18-8-10-24-46(36)64-54/h1-32H. The first-order chi connectivity index (χ1) is 32.3. The van der Waals surface area contributed by atoms with Gasteiger partial charge in [-0.2, -0.15) is 0 Å². The van der Waals surface area contributed by atoms with Crippen molar-refractivity contribution in [1.29, 1.82) is 0 Å². The van der Waals surface area contributed by atoms with Crippen LogP contribution in [0.1, 0.15) is 0 Å². The molecule has 65 heavy (non-hydrogen) atoms. The van der Waals surface area contributed by atoms with E-state index in [-0.39, 0.29) is 0 Å². The van der Waals surface area contributed by atoms with Crippen LogP contribution in [0, 0.1) is 0 Å². The van der Waals surface area contributed by atoms with Gasteiger partial charge in [0.15, 0.2) is 16.7 Å². The van der Waals surface area contributed by atoms with E-state index in [1.165, 1.54) is 15.5 Å². The summed E-state index contributed by atoms with van der Waals surface area (Å²) in [5.74, 6) is 0. The predicted molar refractivity (Wildman–Crippen MR) is 267 cm³/mol. The fourth-order valence-corrected chi connectivity index (χ4v) is 16.1. The molecule has 0 bridgehead atoms. The van der Waals surface area contributed by atoms with Gasteiger partial charge in [0.2, 0.25) is 8.07 Å². The first kappa shape index (κ1) is 36.3. The fraction of sp³-hybridized carbons (Fsp3) is 0. The van der Waals surface area contributed by atoms with E-state index in [0.717, 1.165) is 97.3 Å². The molecule has 8 aromatic heterocycles. The maximum atomic E-state index is 7.34. The van der Waals surface area contributed by atoms with Crippen molar-refractivity contribution >= 4 is 126 Å². The number of rotatable bonds is 6. The van der Waals surface area contributed by atoms with Gasteiger partial charge in [-0.3, -0.25) is 19.9 Å². The summed E-state index contributed by atoms with van der Waals surface area (Å²) < 4.78 is 23.5. The van der Waals surface area contributed by atoms with Gasteiger partial charge in [0.1, 0.15) is 22.4 Å². The predicted octanol–water partition coefficient (Wildman–Crippen LogP) is 12.0. The van der Waals surface area contributed by atoms with Crippen LogP contribution in [0.4, 0.5) is 0 Å². The highest BCUT2D eigenvalue weighted by Crippen LogP contribution is 2.43. The van der Waals surface area contributed by atoms with Crippen LogP contribution in [-0.2, 0) is 0 Å². The van der Waals surface area contributed by atoms with Crippen molar-refractivity contribution in [2.45, 2.75) is 0 Å². The molecule has 14 aromatic rings. The smallest absolute Gasteiger partial charge is 0.233 e. The number of furan rings is 3. The Morgan fingerprint density at radius 1 is 0.338 bits per heavy atom. The lowest BCUT2D eigenvalue weighted by Crippen LogP contribution is -2.76. The molecule has 8 heterocycles. The molecule has 0 aliphatic carbocycles. The number of thiophene rings is 1. The highest BCUT2D eigenvalue weighted by Gasteiger charge is 2.49. The lowest BCUT2D eigenvalue weighted by Gasteiger charge is -2.31. The Hall–Kier alpha value is -8.24. The van der Waals surface area contributed by atoms with Crippen LogP contribution in [0.2, 0.25) is 0 Å². The zero-order valence-corrected chi connectivity index (χ0v) is 36.2. The zero-order chi connectivity index (χ0) is 42.6. The number of nitrogens with zero attached hydrogens (tertiary/aromatic N) is 4. The molecule has 0 atom stereocenters. The van der Waals surface area contributed by atoms with Crippen molar-refractivity contribution in [2.24, 2.45) is 0 Å². The second-order valence-electron chi connectivity index (χ2n) is 16.4. The van der Waals surface area contributed by atoms with Gasteiger partial charge >= 0.3 is 0 Å². The lowest BCUT2D eigenvalue weighted by molar-refractivity contribution is 0.663. The molecule has 0 aliphatic heterocycles. The largest absolute Gasteiger partial charge is 0.454 e. The molecule has 0 amide bonds. The van der Waals surface area contributed by atoms with Crippen molar-refractivity contribution in [1.82, 2.24) is 19.9 Å².